The second-order valence-electron chi connectivity index (χ2n) is 5.89. The van der Waals surface area contributed by atoms with Crippen molar-refractivity contribution in [3.05, 3.63) is 46.5 Å². The predicted octanol–water partition coefficient (Wildman–Crippen LogP) is 3.01. The molecule has 0 radical (unpaired) electrons. The van der Waals surface area contributed by atoms with Crippen LogP contribution >= 0.6 is 23.1 Å². The first kappa shape index (κ1) is 22.7. The number of thioether (sulfide) groups is 1. The third-order valence-corrected chi connectivity index (χ3v) is 6.75. The lowest BCUT2D eigenvalue weighted by molar-refractivity contribution is -0.117. The maximum Gasteiger partial charge on any atom is 0.244 e. The van der Waals surface area contributed by atoms with Crippen LogP contribution < -0.4 is 10.0 Å². The van der Waals surface area contributed by atoms with Crippen LogP contribution in [0.15, 0.2) is 24.4 Å². The summed E-state index contributed by atoms with van der Waals surface area (Å²) in [5.41, 5.74) is 0.316. The summed E-state index contributed by atoms with van der Waals surface area (Å²) in [6.07, 6.45) is 3.91. The maximum atomic E-state index is 13.8. The minimum Gasteiger partial charge on any atom is -0.301 e. The molecule has 11 heteroatoms. The summed E-state index contributed by atoms with van der Waals surface area (Å²) in [6.45, 7) is 1.49. The van der Waals surface area contributed by atoms with Crippen molar-refractivity contribution in [1.82, 2.24) is 9.71 Å². The van der Waals surface area contributed by atoms with E-state index in [9.17, 15) is 22.0 Å². The van der Waals surface area contributed by atoms with Crippen LogP contribution in [0.3, 0.4) is 0 Å². The molecule has 0 bridgehead atoms. The number of sulfonamides is 1. The van der Waals surface area contributed by atoms with Gasteiger partial charge in [0.05, 0.1) is 5.75 Å². The highest BCUT2D eigenvalue weighted by molar-refractivity contribution is 7.98. The van der Waals surface area contributed by atoms with Crippen molar-refractivity contribution in [2.75, 3.05) is 23.1 Å². The Balaban J connectivity index is 2.05. The molecule has 1 unspecified atom stereocenters. The average molecular weight is 450 g/mol. The number of aromatic nitrogens is 1. The number of nitrogens with zero attached hydrogens (tertiary/aromatic N) is 1. The number of amides is 1. The molecule has 0 aliphatic carbocycles. The van der Waals surface area contributed by atoms with Gasteiger partial charge in [0.2, 0.25) is 15.9 Å². The first-order chi connectivity index (χ1) is 13.2. The van der Waals surface area contributed by atoms with Crippen LogP contribution in [0.25, 0.3) is 0 Å². The Hall–Kier alpha value is -1.56. The van der Waals surface area contributed by atoms with Crippen molar-refractivity contribution in [2.45, 2.75) is 25.8 Å². The topological polar surface area (TPSA) is 88.2 Å². The maximum absolute atomic E-state index is 13.8. The summed E-state index contributed by atoms with van der Waals surface area (Å²) < 4.78 is 52.8. The molecule has 0 aliphatic rings. The summed E-state index contributed by atoms with van der Waals surface area (Å²) in [5.74, 6) is -1.31. The van der Waals surface area contributed by atoms with Crippen molar-refractivity contribution in [2.24, 2.45) is 0 Å². The number of hydrogen-bond acceptors (Lipinski definition) is 6. The molecule has 154 valence electrons. The largest absolute Gasteiger partial charge is 0.301 e. The van der Waals surface area contributed by atoms with Crippen LogP contribution in [0.5, 0.6) is 0 Å². The van der Waals surface area contributed by atoms with E-state index in [2.05, 4.69) is 15.0 Å². The zero-order chi connectivity index (χ0) is 20.7. The Morgan fingerprint density at radius 3 is 2.75 bits per heavy atom. The Labute approximate surface area is 171 Å². The summed E-state index contributed by atoms with van der Waals surface area (Å²) in [7, 11) is -3.54. The molecule has 6 nitrogen and oxygen atoms in total. The highest BCUT2D eigenvalue weighted by Crippen LogP contribution is 2.23. The van der Waals surface area contributed by atoms with Crippen LogP contribution in [-0.4, -0.2) is 43.1 Å². The first-order valence-electron chi connectivity index (χ1n) is 8.42. The first-order valence-corrected chi connectivity index (χ1v) is 12.3. The second kappa shape index (κ2) is 10.3. The number of benzene rings is 1. The van der Waals surface area contributed by atoms with E-state index in [4.69, 9.17) is 0 Å². The highest BCUT2D eigenvalue weighted by atomic mass is 32.2. The van der Waals surface area contributed by atoms with Crippen molar-refractivity contribution < 1.29 is 22.0 Å². The summed E-state index contributed by atoms with van der Waals surface area (Å²) in [6, 6.07) is 2.45. The van der Waals surface area contributed by atoms with Crippen LogP contribution in [0.2, 0.25) is 0 Å². The fraction of sp³-hybridized carbons (Fsp3) is 0.412. The zero-order valence-corrected chi connectivity index (χ0v) is 17.8. The average Bonchev–Trinajstić information content (AvgIpc) is 3.07. The van der Waals surface area contributed by atoms with Gasteiger partial charge in [-0.05, 0) is 37.0 Å². The zero-order valence-electron chi connectivity index (χ0n) is 15.4. The summed E-state index contributed by atoms with van der Waals surface area (Å²) >= 11 is 2.65. The SMILES string of the molecule is CCS(=O)(=O)NC(CCSC)C(=O)Nc1ncc(Cc2ccc(F)cc2F)s1. The minimum atomic E-state index is -3.54. The number of anilines is 1. The lowest BCUT2D eigenvalue weighted by atomic mass is 10.1. The van der Waals surface area contributed by atoms with Crippen LogP contribution in [0, 0.1) is 11.6 Å². The molecule has 2 aromatic rings. The molecular weight excluding hydrogens is 428 g/mol. The molecule has 0 saturated heterocycles. The van der Waals surface area contributed by atoms with E-state index in [0.717, 1.165) is 17.4 Å². The third kappa shape index (κ3) is 6.80. The molecule has 0 fully saturated rings. The molecule has 2 rings (SSSR count). The molecule has 1 aromatic heterocycles. The molecular formula is C17H21F2N3O3S3. The van der Waals surface area contributed by atoms with Crippen LogP contribution in [0.1, 0.15) is 23.8 Å². The molecule has 28 heavy (non-hydrogen) atoms. The van der Waals surface area contributed by atoms with Gasteiger partial charge in [0.15, 0.2) is 5.13 Å². The van der Waals surface area contributed by atoms with Gasteiger partial charge < -0.3 is 5.32 Å². The van der Waals surface area contributed by atoms with E-state index in [1.54, 1.807) is 0 Å². The van der Waals surface area contributed by atoms with E-state index in [1.807, 2.05) is 6.26 Å². The van der Waals surface area contributed by atoms with Gasteiger partial charge in [-0.15, -0.1) is 11.3 Å². The van der Waals surface area contributed by atoms with Crippen LogP contribution in [-0.2, 0) is 21.2 Å². The van der Waals surface area contributed by atoms with E-state index in [0.29, 0.717) is 22.6 Å². The molecule has 1 atom stereocenters. The van der Waals surface area contributed by atoms with Gasteiger partial charge >= 0.3 is 0 Å². The van der Waals surface area contributed by atoms with Gasteiger partial charge in [0.25, 0.3) is 0 Å². The van der Waals surface area contributed by atoms with Gasteiger partial charge in [-0.2, -0.15) is 11.8 Å². The highest BCUT2D eigenvalue weighted by Gasteiger charge is 2.24. The standard InChI is InChI=1S/C17H21F2N3O3S3/c1-3-28(24,25)22-15(6-7-26-2)16(23)21-17-20-10-13(27-17)8-11-4-5-12(18)9-14(11)19/h4-5,9-10,15,22H,3,6-8H2,1-2H3,(H,20,21,23). The number of carbonyl (C=O) groups excluding carboxylic acids is 1. The van der Waals surface area contributed by atoms with Gasteiger partial charge in [-0.25, -0.2) is 26.9 Å². The molecule has 2 N–H and O–H groups in total. The van der Waals surface area contributed by atoms with Crippen molar-refractivity contribution >= 4 is 44.2 Å². The molecule has 0 aliphatic heterocycles. The number of thiazole rings is 1. The minimum absolute atomic E-state index is 0.124. The van der Waals surface area contributed by atoms with Gasteiger partial charge in [0, 0.05) is 23.6 Å². The predicted molar refractivity (Wildman–Crippen MR) is 109 cm³/mol. The van der Waals surface area contributed by atoms with Gasteiger partial charge in [-0.3, -0.25) is 4.79 Å². The number of halogens is 2. The van der Waals surface area contributed by atoms with E-state index < -0.39 is 33.6 Å². The lowest BCUT2D eigenvalue weighted by Gasteiger charge is -2.16. The second-order valence-corrected chi connectivity index (χ2v) is 10.0. The van der Waals surface area contributed by atoms with Crippen molar-refractivity contribution in [1.29, 1.82) is 0 Å². The fourth-order valence-electron chi connectivity index (χ4n) is 2.27. The number of nitrogens with one attached hydrogen (secondary N) is 2. The monoisotopic (exact) mass is 449 g/mol. The Bertz CT molecular complexity index is 919. The fourth-order valence-corrected chi connectivity index (χ4v) is 4.41. The molecule has 0 saturated carbocycles. The van der Waals surface area contributed by atoms with E-state index >= 15 is 0 Å². The number of hydrogen-bond donors (Lipinski definition) is 2. The van der Waals surface area contributed by atoms with Gasteiger partial charge in [0.1, 0.15) is 17.7 Å². The quantitative estimate of drug-likeness (QED) is 0.582. The smallest absolute Gasteiger partial charge is 0.244 e. The normalized spacial score (nSPS) is 12.7. The Morgan fingerprint density at radius 2 is 2.11 bits per heavy atom. The summed E-state index contributed by atoms with van der Waals surface area (Å²) in [4.78, 5) is 17.3. The Morgan fingerprint density at radius 1 is 1.36 bits per heavy atom. The lowest BCUT2D eigenvalue weighted by Crippen LogP contribution is -2.44. The van der Waals surface area contributed by atoms with Gasteiger partial charge in [-0.1, -0.05) is 6.07 Å². The summed E-state index contributed by atoms with van der Waals surface area (Å²) in [5, 5.41) is 2.89. The molecule has 1 aromatic carbocycles. The van der Waals surface area contributed by atoms with Crippen LogP contribution in [0.4, 0.5) is 13.9 Å². The molecule has 1 amide bonds. The van der Waals surface area contributed by atoms with E-state index in [-0.39, 0.29) is 17.3 Å². The number of rotatable bonds is 10. The van der Waals surface area contributed by atoms with E-state index in [1.165, 1.54) is 37.0 Å². The number of carbonyl (C=O) groups is 1. The molecule has 1 heterocycles. The van der Waals surface area contributed by atoms with Crippen molar-refractivity contribution in [3.8, 4) is 0 Å². The van der Waals surface area contributed by atoms with Crippen molar-refractivity contribution in [3.63, 3.8) is 0 Å². The molecule has 0 spiro atoms. The Kier molecular flexibility index (Phi) is 8.35. The third-order valence-electron chi connectivity index (χ3n) is 3.79.